The lowest BCUT2D eigenvalue weighted by molar-refractivity contribution is 0.102. The molecule has 0 spiro atoms. The largest absolute Gasteiger partial charge is 0.490 e. The second-order valence-electron chi connectivity index (χ2n) is 11.0. The molecule has 5 nitrogen and oxygen atoms in total. The van der Waals surface area contributed by atoms with Crippen molar-refractivity contribution < 1.29 is 14.3 Å². The second-order valence-corrected chi connectivity index (χ2v) is 12.1. The van der Waals surface area contributed by atoms with E-state index in [2.05, 4.69) is 36.5 Å². The van der Waals surface area contributed by atoms with Gasteiger partial charge in [0.1, 0.15) is 11.6 Å². The highest BCUT2D eigenvalue weighted by atomic mass is 32.1. The molecule has 6 heteroatoms. The first-order valence-corrected chi connectivity index (χ1v) is 15.8. The molecular weight excluding hydrogens is 540 g/mol. The van der Waals surface area contributed by atoms with Crippen molar-refractivity contribution in [1.82, 2.24) is 0 Å². The van der Waals surface area contributed by atoms with E-state index in [0.717, 1.165) is 64.2 Å². The first-order valence-electron chi connectivity index (χ1n) is 14.9. The third-order valence-electron chi connectivity index (χ3n) is 7.60. The van der Waals surface area contributed by atoms with Gasteiger partial charge in [-0.25, -0.2) is 4.99 Å². The van der Waals surface area contributed by atoms with Gasteiger partial charge in [0, 0.05) is 16.8 Å². The van der Waals surface area contributed by atoms with Crippen LogP contribution in [-0.4, -0.2) is 18.7 Å². The second kappa shape index (κ2) is 13.8. The zero-order valence-electron chi connectivity index (χ0n) is 25.1. The van der Waals surface area contributed by atoms with Gasteiger partial charge in [0.05, 0.1) is 12.2 Å². The average molecular weight is 581 g/mol. The number of aryl methyl sites for hydroxylation is 4. The maximum Gasteiger partial charge on any atom is 0.259 e. The van der Waals surface area contributed by atoms with Gasteiger partial charge >= 0.3 is 0 Å². The van der Waals surface area contributed by atoms with Crippen LogP contribution >= 0.6 is 11.3 Å². The number of benzene rings is 3. The van der Waals surface area contributed by atoms with Gasteiger partial charge in [-0.15, -0.1) is 11.3 Å². The van der Waals surface area contributed by atoms with E-state index in [1.807, 2.05) is 63.4 Å². The third-order valence-corrected chi connectivity index (χ3v) is 8.80. The number of hydrogen-bond acceptors (Lipinski definition) is 5. The van der Waals surface area contributed by atoms with Crippen LogP contribution in [0.1, 0.15) is 81.2 Å². The summed E-state index contributed by atoms with van der Waals surface area (Å²) >= 11 is 1.66. The molecule has 0 atom stereocenters. The number of ether oxygens (including phenoxy) is 2. The zero-order valence-corrected chi connectivity index (χ0v) is 25.9. The lowest BCUT2D eigenvalue weighted by atomic mass is 9.96. The van der Waals surface area contributed by atoms with Crippen LogP contribution in [0.4, 0.5) is 10.7 Å². The smallest absolute Gasteiger partial charge is 0.259 e. The first-order chi connectivity index (χ1) is 20.4. The van der Waals surface area contributed by atoms with E-state index in [0.29, 0.717) is 24.7 Å². The van der Waals surface area contributed by atoms with Crippen molar-refractivity contribution >= 4 is 34.1 Å². The average Bonchev–Trinajstić information content (AvgIpc) is 3.29. The predicted molar refractivity (Wildman–Crippen MR) is 174 cm³/mol. The summed E-state index contributed by atoms with van der Waals surface area (Å²) in [7, 11) is 0. The Bertz CT molecular complexity index is 1590. The number of carbonyl (C=O) groups excluding carboxylic acids is 1. The van der Waals surface area contributed by atoms with E-state index in [-0.39, 0.29) is 5.91 Å². The Morgan fingerprint density at radius 2 is 1.71 bits per heavy atom. The van der Waals surface area contributed by atoms with E-state index in [1.54, 1.807) is 11.3 Å². The van der Waals surface area contributed by atoms with Crippen molar-refractivity contribution in [3.05, 3.63) is 104 Å². The van der Waals surface area contributed by atoms with Crippen molar-refractivity contribution in [1.29, 1.82) is 0 Å². The molecule has 42 heavy (non-hydrogen) atoms. The minimum absolute atomic E-state index is 0.0798. The van der Waals surface area contributed by atoms with Crippen LogP contribution in [0.3, 0.4) is 0 Å². The molecule has 1 aliphatic carbocycles. The van der Waals surface area contributed by atoms with Gasteiger partial charge in [-0.2, -0.15) is 0 Å². The van der Waals surface area contributed by atoms with Crippen LogP contribution < -0.4 is 14.8 Å². The minimum Gasteiger partial charge on any atom is -0.490 e. The molecule has 0 saturated heterocycles. The predicted octanol–water partition coefficient (Wildman–Crippen LogP) is 9.31. The molecule has 1 amide bonds. The number of amides is 1. The Morgan fingerprint density at radius 1 is 0.905 bits per heavy atom. The molecule has 1 aromatic heterocycles. The Kier molecular flexibility index (Phi) is 9.75. The molecule has 0 fully saturated rings. The Balaban J connectivity index is 1.43. The molecule has 0 unspecified atom stereocenters. The third kappa shape index (κ3) is 7.29. The molecule has 0 radical (unpaired) electrons. The van der Waals surface area contributed by atoms with E-state index in [1.165, 1.54) is 28.8 Å². The van der Waals surface area contributed by atoms with Crippen molar-refractivity contribution in [3.63, 3.8) is 0 Å². The molecule has 4 aromatic rings. The normalized spacial score (nSPS) is 13.3. The molecule has 3 aromatic carbocycles. The highest BCUT2D eigenvalue weighted by molar-refractivity contribution is 7.16. The van der Waals surface area contributed by atoms with Gasteiger partial charge in [-0.05, 0) is 105 Å². The van der Waals surface area contributed by atoms with Crippen LogP contribution in [0.2, 0.25) is 0 Å². The SMILES string of the molecule is CCOc1cc(C=Nc2sc3c(c2C(=O)Nc2cc(C)ccc2C)CCCCCC3)ccc1OCc1cccc(C)c1. The number of carbonyl (C=O) groups is 1. The summed E-state index contributed by atoms with van der Waals surface area (Å²) in [4.78, 5) is 20.0. The molecule has 0 bridgehead atoms. The summed E-state index contributed by atoms with van der Waals surface area (Å²) in [5, 5.41) is 3.97. The fraction of sp³-hybridized carbons (Fsp3) is 0.333. The Morgan fingerprint density at radius 3 is 2.52 bits per heavy atom. The maximum absolute atomic E-state index is 13.8. The highest BCUT2D eigenvalue weighted by Gasteiger charge is 2.24. The Hall–Kier alpha value is -3.90. The number of thiophene rings is 1. The number of hydrogen-bond donors (Lipinski definition) is 1. The van der Waals surface area contributed by atoms with Crippen LogP contribution in [0.25, 0.3) is 0 Å². The molecule has 0 saturated carbocycles. The lowest BCUT2D eigenvalue weighted by Gasteiger charge is -2.13. The number of nitrogens with one attached hydrogen (secondary N) is 1. The van der Waals surface area contributed by atoms with Gasteiger partial charge in [0.15, 0.2) is 11.5 Å². The summed E-state index contributed by atoms with van der Waals surface area (Å²) in [6, 6.07) is 20.3. The fourth-order valence-electron chi connectivity index (χ4n) is 5.37. The number of fused-ring (bicyclic) bond motifs is 1. The lowest BCUT2D eigenvalue weighted by Crippen LogP contribution is -2.15. The molecule has 1 N–H and O–H groups in total. The maximum atomic E-state index is 13.8. The number of nitrogens with zero attached hydrogens (tertiary/aromatic N) is 1. The summed E-state index contributed by atoms with van der Waals surface area (Å²) in [5.74, 6) is 1.30. The van der Waals surface area contributed by atoms with Crippen molar-refractivity contribution in [3.8, 4) is 11.5 Å². The first kappa shape index (κ1) is 29.6. The van der Waals surface area contributed by atoms with Gasteiger partial charge in [0.2, 0.25) is 0 Å². The standard InChI is InChI=1S/C36H40N2O3S/c1-5-40-32-21-27(17-18-31(32)41-23-28-12-10-11-24(2)19-28)22-37-36-34(29-13-8-6-7-9-14-33(29)42-36)35(39)38-30-20-25(3)15-16-26(30)4/h10-12,15-22H,5-9,13-14,23H2,1-4H3,(H,38,39). The van der Waals surface area contributed by atoms with Crippen LogP contribution in [-0.2, 0) is 19.4 Å². The van der Waals surface area contributed by atoms with Gasteiger partial charge in [-0.3, -0.25) is 4.79 Å². The number of rotatable bonds is 9. The van der Waals surface area contributed by atoms with Gasteiger partial charge < -0.3 is 14.8 Å². The summed E-state index contributed by atoms with van der Waals surface area (Å²) in [5.41, 5.74) is 8.11. The zero-order chi connectivity index (χ0) is 29.5. The van der Waals surface area contributed by atoms with Crippen molar-refractivity contribution in [2.24, 2.45) is 4.99 Å². The molecule has 1 heterocycles. The molecule has 5 rings (SSSR count). The monoisotopic (exact) mass is 580 g/mol. The number of aliphatic imine (C=N–C) groups is 1. The van der Waals surface area contributed by atoms with Gasteiger partial charge in [-0.1, -0.05) is 54.8 Å². The fourth-order valence-corrected chi connectivity index (χ4v) is 6.60. The number of anilines is 1. The van der Waals surface area contributed by atoms with E-state index < -0.39 is 0 Å². The van der Waals surface area contributed by atoms with E-state index in [4.69, 9.17) is 14.5 Å². The summed E-state index contributed by atoms with van der Waals surface area (Å²) < 4.78 is 12.1. The topological polar surface area (TPSA) is 59.9 Å². The quantitative estimate of drug-likeness (QED) is 0.201. The molecule has 0 aliphatic heterocycles. The van der Waals surface area contributed by atoms with E-state index in [9.17, 15) is 4.79 Å². The van der Waals surface area contributed by atoms with Crippen LogP contribution in [0.15, 0.2) is 65.7 Å². The van der Waals surface area contributed by atoms with Crippen LogP contribution in [0.5, 0.6) is 11.5 Å². The molecule has 218 valence electrons. The Labute approximate surface area is 253 Å². The van der Waals surface area contributed by atoms with Gasteiger partial charge in [0.25, 0.3) is 5.91 Å². The highest BCUT2D eigenvalue weighted by Crippen LogP contribution is 2.40. The van der Waals surface area contributed by atoms with Crippen molar-refractivity contribution in [2.45, 2.75) is 72.8 Å². The minimum atomic E-state index is -0.0798. The summed E-state index contributed by atoms with van der Waals surface area (Å²) in [6.07, 6.45) is 8.43. The molecular formula is C36H40N2O3S. The van der Waals surface area contributed by atoms with E-state index >= 15 is 0 Å². The molecule has 1 aliphatic rings. The van der Waals surface area contributed by atoms with Crippen molar-refractivity contribution in [2.75, 3.05) is 11.9 Å². The summed E-state index contributed by atoms with van der Waals surface area (Å²) in [6.45, 7) is 9.11. The van der Waals surface area contributed by atoms with Crippen LogP contribution in [0, 0.1) is 20.8 Å².